The minimum absolute atomic E-state index is 0.408. The average molecular weight is 345 g/mol. The molecule has 0 bridgehead atoms. The van der Waals surface area contributed by atoms with E-state index in [0.29, 0.717) is 43.8 Å². The molecule has 22 heavy (non-hydrogen) atoms. The highest BCUT2D eigenvalue weighted by Gasteiger charge is 2.56. The molecule has 2 atom stereocenters. The second-order valence-corrected chi connectivity index (χ2v) is 8.94. The standard InChI is InChI=1S/C16H21ClO4S/c1-14(17,22(19)13-5-3-2-4-6-13)15(18)7-9-16(10-8-15)20-11-12-21-16/h2-6,18H,7-12H2,1H3. The van der Waals surface area contributed by atoms with Gasteiger partial charge in [-0.3, -0.25) is 4.21 Å². The van der Waals surface area contributed by atoms with Crippen LogP contribution in [-0.4, -0.2) is 38.1 Å². The first-order valence-electron chi connectivity index (χ1n) is 7.55. The van der Waals surface area contributed by atoms with Gasteiger partial charge in [0.25, 0.3) is 0 Å². The molecule has 1 aliphatic carbocycles. The summed E-state index contributed by atoms with van der Waals surface area (Å²) in [5.41, 5.74) is -1.21. The summed E-state index contributed by atoms with van der Waals surface area (Å²) in [4.78, 5) is 0.627. The molecule has 1 N–H and O–H groups in total. The molecule has 122 valence electrons. The van der Waals surface area contributed by atoms with Crippen LogP contribution in [0.4, 0.5) is 0 Å². The molecule has 1 aromatic rings. The summed E-state index contributed by atoms with van der Waals surface area (Å²) in [6.45, 7) is 2.84. The van der Waals surface area contributed by atoms with Gasteiger partial charge in [-0.2, -0.15) is 0 Å². The van der Waals surface area contributed by atoms with Crippen molar-refractivity contribution >= 4 is 22.4 Å². The number of alkyl halides is 1. The molecule has 0 amide bonds. The first kappa shape index (κ1) is 16.4. The smallest absolute Gasteiger partial charge is 0.168 e. The summed E-state index contributed by atoms with van der Waals surface area (Å²) in [6, 6.07) is 9.04. The molecule has 1 spiro atoms. The van der Waals surface area contributed by atoms with Crippen molar-refractivity contribution in [3.05, 3.63) is 30.3 Å². The van der Waals surface area contributed by atoms with Gasteiger partial charge in [-0.25, -0.2) is 0 Å². The largest absolute Gasteiger partial charge is 0.387 e. The minimum Gasteiger partial charge on any atom is -0.387 e. The van der Waals surface area contributed by atoms with Crippen LogP contribution in [0, 0.1) is 0 Å². The highest BCUT2D eigenvalue weighted by Crippen LogP contribution is 2.48. The van der Waals surface area contributed by atoms with Crippen LogP contribution >= 0.6 is 11.6 Å². The zero-order valence-electron chi connectivity index (χ0n) is 12.6. The summed E-state index contributed by atoms with van der Waals surface area (Å²) >= 11 is 6.60. The average Bonchev–Trinajstić information content (AvgIpc) is 2.99. The Hall–Kier alpha value is -0.460. The first-order valence-corrected chi connectivity index (χ1v) is 9.08. The van der Waals surface area contributed by atoms with E-state index in [0.717, 1.165) is 0 Å². The van der Waals surface area contributed by atoms with Crippen LogP contribution in [0.3, 0.4) is 0 Å². The van der Waals surface area contributed by atoms with Crippen LogP contribution in [-0.2, 0) is 20.3 Å². The lowest BCUT2D eigenvalue weighted by Gasteiger charge is -2.46. The van der Waals surface area contributed by atoms with Gasteiger partial charge in [-0.1, -0.05) is 18.2 Å². The second-order valence-electron chi connectivity index (χ2n) is 6.14. The number of benzene rings is 1. The summed E-state index contributed by atoms with van der Waals surface area (Å²) in [5, 5.41) is 11.0. The lowest BCUT2D eigenvalue weighted by molar-refractivity contribution is -0.203. The quantitative estimate of drug-likeness (QED) is 0.857. The maximum atomic E-state index is 12.8. The van der Waals surface area contributed by atoms with Gasteiger partial charge in [0.15, 0.2) is 5.79 Å². The Balaban J connectivity index is 1.78. The van der Waals surface area contributed by atoms with E-state index >= 15 is 0 Å². The van der Waals surface area contributed by atoms with Gasteiger partial charge in [0.05, 0.1) is 29.6 Å². The molecule has 2 fully saturated rings. The van der Waals surface area contributed by atoms with Gasteiger partial charge in [-0.15, -0.1) is 11.6 Å². The van der Waals surface area contributed by atoms with E-state index in [1.54, 1.807) is 19.1 Å². The van der Waals surface area contributed by atoms with Crippen molar-refractivity contribution in [2.75, 3.05) is 13.2 Å². The van der Waals surface area contributed by atoms with Crippen molar-refractivity contribution in [3.63, 3.8) is 0 Å². The molecule has 2 unspecified atom stereocenters. The Bertz CT molecular complexity index is 545. The van der Waals surface area contributed by atoms with Crippen LogP contribution in [0.1, 0.15) is 32.6 Å². The molecular weight excluding hydrogens is 324 g/mol. The highest BCUT2D eigenvalue weighted by atomic mass is 35.5. The van der Waals surface area contributed by atoms with Gasteiger partial charge < -0.3 is 14.6 Å². The molecule has 1 saturated carbocycles. The number of aliphatic hydroxyl groups is 1. The summed E-state index contributed by atoms with van der Waals surface area (Å²) in [7, 11) is -1.51. The van der Waals surface area contributed by atoms with E-state index < -0.39 is 26.4 Å². The van der Waals surface area contributed by atoms with Gasteiger partial charge >= 0.3 is 0 Å². The molecule has 2 aliphatic rings. The molecule has 0 aromatic heterocycles. The van der Waals surface area contributed by atoms with Crippen LogP contribution < -0.4 is 0 Å². The number of hydrogen-bond acceptors (Lipinski definition) is 4. The van der Waals surface area contributed by atoms with Crippen LogP contribution in [0.2, 0.25) is 0 Å². The van der Waals surface area contributed by atoms with Gasteiger partial charge in [-0.05, 0) is 31.9 Å². The Morgan fingerprint density at radius 2 is 1.68 bits per heavy atom. The first-order chi connectivity index (χ1) is 10.4. The van der Waals surface area contributed by atoms with E-state index in [1.165, 1.54) is 0 Å². The molecule has 0 radical (unpaired) electrons. The maximum absolute atomic E-state index is 12.8. The van der Waals surface area contributed by atoms with Crippen molar-refractivity contribution in [1.29, 1.82) is 0 Å². The van der Waals surface area contributed by atoms with Gasteiger partial charge in [0.1, 0.15) is 4.21 Å². The Morgan fingerprint density at radius 3 is 2.23 bits per heavy atom. The van der Waals surface area contributed by atoms with E-state index in [1.807, 2.05) is 18.2 Å². The predicted octanol–water partition coefficient (Wildman–Crippen LogP) is 2.80. The Labute approximate surface area is 138 Å². The number of rotatable bonds is 3. The highest BCUT2D eigenvalue weighted by molar-refractivity contribution is 7.88. The van der Waals surface area contributed by atoms with Crippen LogP contribution in [0.25, 0.3) is 0 Å². The SMILES string of the molecule is CC(Cl)(S(=O)c1ccccc1)C1(O)CCC2(CC1)OCCO2. The zero-order chi connectivity index (χ0) is 15.8. The normalized spacial score (nSPS) is 27.4. The van der Waals surface area contributed by atoms with E-state index in [9.17, 15) is 9.32 Å². The molecule has 1 aliphatic heterocycles. The lowest BCUT2D eigenvalue weighted by Crippen LogP contribution is -2.55. The fourth-order valence-electron chi connectivity index (χ4n) is 3.21. The third-order valence-electron chi connectivity index (χ3n) is 4.79. The third-order valence-corrected chi connectivity index (χ3v) is 7.34. The summed E-state index contributed by atoms with van der Waals surface area (Å²) in [5.74, 6) is -0.576. The molecule has 1 heterocycles. The van der Waals surface area contributed by atoms with Crippen molar-refractivity contribution in [2.45, 2.75) is 53.1 Å². The molecule has 1 saturated heterocycles. The maximum Gasteiger partial charge on any atom is 0.168 e. The summed E-state index contributed by atoms with van der Waals surface area (Å²) in [6.07, 6.45) is 1.95. The monoisotopic (exact) mass is 344 g/mol. The van der Waals surface area contributed by atoms with Gasteiger partial charge in [0, 0.05) is 17.7 Å². The summed E-state index contributed by atoms with van der Waals surface area (Å²) < 4.78 is 22.9. The zero-order valence-corrected chi connectivity index (χ0v) is 14.2. The topological polar surface area (TPSA) is 55.8 Å². The van der Waals surface area contributed by atoms with Crippen molar-refractivity contribution in [2.24, 2.45) is 0 Å². The molecule has 3 rings (SSSR count). The Morgan fingerprint density at radius 1 is 1.14 bits per heavy atom. The fraction of sp³-hybridized carbons (Fsp3) is 0.625. The molecular formula is C16H21ClO4S. The number of hydrogen-bond donors (Lipinski definition) is 1. The van der Waals surface area contributed by atoms with Gasteiger partial charge in [0.2, 0.25) is 0 Å². The van der Waals surface area contributed by atoms with Crippen LogP contribution in [0.5, 0.6) is 0 Å². The van der Waals surface area contributed by atoms with E-state index in [-0.39, 0.29) is 0 Å². The molecule has 1 aromatic carbocycles. The molecule has 4 nitrogen and oxygen atoms in total. The molecule has 6 heteroatoms. The van der Waals surface area contributed by atoms with E-state index in [4.69, 9.17) is 21.1 Å². The number of ether oxygens (including phenoxy) is 2. The van der Waals surface area contributed by atoms with Crippen molar-refractivity contribution in [1.82, 2.24) is 0 Å². The van der Waals surface area contributed by atoms with Crippen LogP contribution in [0.15, 0.2) is 35.2 Å². The Kier molecular flexibility index (Phi) is 4.38. The number of halogens is 1. The lowest BCUT2D eigenvalue weighted by atomic mass is 9.79. The second kappa shape index (κ2) is 5.87. The van der Waals surface area contributed by atoms with E-state index in [2.05, 4.69) is 0 Å². The third kappa shape index (κ3) is 2.74. The van der Waals surface area contributed by atoms with Crippen molar-refractivity contribution in [3.8, 4) is 0 Å². The predicted molar refractivity (Wildman–Crippen MR) is 85.2 cm³/mol. The van der Waals surface area contributed by atoms with Crippen molar-refractivity contribution < 1.29 is 18.8 Å². The minimum atomic E-state index is -1.51. The fourth-order valence-corrected chi connectivity index (χ4v) is 5.07.